The highest BCUT2D eigenvalue weighted by Crippen LogP contribution is 2.34. The molecule has 6 nitrogen and oxygen atoms in total. The molecule has 2 aromatic heterocycles. The molecule has 2 heterocycles. The predicted octanol–water partition coefficient (Wildman–Crippen LogP) is 5.33. The van der Waals surface area contributed by atoms with Gasteiger partial charge in [0.1, 0.15) is 11.3 Å². The molecule has 0 radical (unpaired) electrons. The number of fused-ring (bicyclic) bond motifs is 1. The van der Waals surface area contributed by atoms with E-state index in [9.17, 15) is 4.79 Å². The fourth-order valence-electron chi connectivity index (χ4n) is 3.46. The van der Waals surface area contributed by atoms with E-state index in [0.29, 0.717) is 30.6 Å². The summed E-state index contributed by atoms with van der Waals surface area (Å²) in [4.78, 5) is 21.0. The monoisotopic (exact) mass is 466 g/mol. The average molecular weight is 467 g/mol. The summed E-state index contributed by atoms with van der Waals surface area (Å²) >= 11 is 3.05. The Labute approximate surface area is 196 Å². The van der Waals surface area contributed by atoms with Gasteiger partial charge in [-0.2, -0.15) is 5.10 Å². The molecule has 166 valence electrons. The second kappa shape index (κ2) is 10.2. The fourth-order valence-corrected chi connectivity index (χ4v) is 5.28. The van der Waals surface area contributed by atoms with Crippen LogP contribution < -0.4 is 9.64 Å². The van der Waals surface area contributed by atoms with Crippen LogP contribution in [0.15, 0.2) is 59.5 Å². The van der Waals surface area contributed by atoms with E-state index >= 15 is 0 Å². The Morgan fingerprint density at radius 2 is 1.97 bits per heavy atom. The van der Waals surface area contributed by atoms with Crippen LogP contribution in [0.1, 0.15) is 18.3 Å². The molecule has 0 aliphatic carbocycles. The van der Waals surface area contributed by atoms with Crippen LogP contribution in [0.5, 0.6) is 5.75 Å². The Balaban J connectivity index is 1.60. The van der Waals surface area contributed by atoms with Crippen molar-refractivity contribution in [3.05, 3.63) is 66.0 Å². The van der Waals surface area contributed by atoms with Gasteiger partial charge in [0.15, 0.2) is 5.13 Å². The van der Waals surface area contributed by atoms with E-state index in [-0.39, 0.29) is 5.91 Å². The highest BCUT2D eigenvalue weighted by molar-refractivity contribution is 8.00. The number of rotatable bonds is 9. The van der Waals surface area contributed by atoms with E-state index in [4.69, 9.17) is 9.72 Å². The standard InChI is InChI=1S/C24H26N4O2S2/c1-4-30-20-11-8-12-21-23(20)25-24(32-21)27(13-14-28-18(3)15-17(2)26-28)22(29)16-31-19-9-6-5-7-10-19/h5-12,15H,4,13-14,16H2,1-3H3. The van der Waals surface area contributed by atoms with Crippen LogP contribution in [-0.2, 0) is 11.3 Å². The lowest BCUT2D eigenvalue weighted by Crippen LogP contribution is -2.35. The number of hydrogen-bond donors (Lipinski definition) is 0. The van der Waals surface area contributed by atoms with Crippen LogP contribution in [0.2, 0.25) is 0 Å². The zero-order valence-corrected chi connectivity index (χ0v) is 20.1. The quantitative estimate of drug-likeness (QED) is 0.312. The second-order valence-corrected chi connectivity index (χ2v) is 9.39. The Hall–Kier alpha value is -2.84. The van der Waals surface area contributed by atoms with Gasteiger partial charge in [-0.15, -0.1) is 11.8 Å². The summed E-state index contributed by atoms with van der Waals surface area (Å²) < 4.78 is 8.70. The summed E-state index contributed by atoms with van der Waals surface area (Å²) in [6.45, 7) is 7.64. The third-order valence-corrected chi connectivity index (χ3v) is 6.99. The average Bonchev–Trinajstić information content (AvgIpc) is 3.36. The van der Waals surface area contributed by atoms with Crippen molar-refractivity contribution in [2.45, 2.75) is 32.2 Å². The third-order valence-electron chi connectivity index (χ3n) is 4.95. The van der Waals surface area contributed by atoms with Gasteiger partial charge in [-0.1, -0.05) is 35.6 Å². The number of carbonyl (C=O) groups excluding carboxylic acids is 1. The number of hydrogen-bond acceptors (Lipinski definition) is 6. The summed E-state index contributed by atoms with van der Waals surface area (Å²) in [5, 5.41) is 5.23. The SMILES string of the molecule is CCOc1cccc2sc(N(CCn3nc(C)cc3C)C(=O)CSc3ccccc3)nc12. The number of amides is 1. The van der Waals surface area contributed by atoms with E-state index < -0.39 is 0 Å². The summed E-state index contributed by atoms with van der Waals surface area (Å²) in [5.41, 5.74) is 2.85. The minimum absolute atomic E-state index is 0.0254. The molecule has 2 aromatic carbocycles. The van der Waals surface area contributed by atoms with Crippen molar-refractivity contribution in [3.8, 4) is 5.75 Å². The van der Waals surface area contributed by atoms with Gasteiger partial charge >= 0.3 is 0 Å². The largest absolute Gasteiger partial charge is 0.492 e. The van der Waals surface area contributed by atoms with Gasteiger partial charge in [0.2, 0.25) is 5.91 Å². The molecular weight excluding hydrogens is 440 g/mol. The molecule has 1 amide bonds. The number of carbonyl (C=O) groups is 1. The lowest BCUT2D eigenvalue weighted by Gasteiger charge is -2.20. The fraction of sp³-hybridized carbons (Fsp3) is 0.292. The number of aryl methyl sites for hydroxylation is 2. The van der Waals surface area contributed by atoms with E-state index in [2.05, 4.69) is 5.10 Å². The maximum Gasteiger partial charge on any atom is 0.239 e. The maximum atomic E-state index is 13.3. The maximum absolute atomic E-state index is 13.3. The molecule has 0 aliphatic rings. The minimum Gasteiger partial charge on any atom is -0.492 e. The Kier molecular flexibility index (Phi) is 7.12. The van der Waals surface area contributed by atoms with E-state index in [1.165, 1.54) is 23.1 Å². The molecule has 32 heavy (non-hydrogen) atoms. The Bertz CT molecular complexity index is 1200. The lowest BCUT2D eigenvalue weighted by atomic mass is 10.3. The summed E-state index contributed by atoms with van der Waals surface area (Å²) in [6.07, 6.45) is 0. The first kappa shape index (κ1) is 22.4. The molecule has 0 unspecified atom stereocenters. The first-order chi connectivity index (χ1) is 15.5. The Morgan fingerprint density at radius 1 is 1.16 bits per heavy atom. The number of benzene rings is 2. The lowest BCUT2D eigenvalue weighted by molar-refractivity contribution is -0.116. The van der Waals surface area contributed by atoms with Crippen molar-refractivity contribution in [2.24, 2.45) is 0 Å². The Morgan fingerprint density at radius 3 is 2.69 bits per heavy atom. The molecule has 0 bridgehead atoms. The molecule has 0 saturated carbocycles. The van der Waals surface area contributed by atoms with Crippen molar-refractivity contribution in [2.75, 3.05) is 23.8 Å². The van der Waals surface area contributed by atoms with Gasteiger partial charge in [0, 0.05) is 17.1 Å². The molecule has 4 aromatic rings. The molecule has 0 N–H and O–H groups in total. The highest BCUT2D eigenvalue weighted by Gasteiger charge is 2.21. The molecular formula is C24H26N4O2S2. The zero-order chi connectivity index (χ0) is 22.5. The van der Waals surface area contributed by atoms with Crippen LogP contribution in [0.3, 0.4) is 0 Å². The second-order valence-electron chi connectivity index (χ2n) is 7.33. The van der Waals surface area contributed by atoms with Crippen LogP contribution in [0, 0.1) is 13.8 Å². The summed E-state index contributed by atoms with van der Waals surface area (Å²) in [6, 6.07) is 17.9. The zero-order valence-electron chi connectivity index (χ0n) is 18.4. The first-order valence-electron chi connectivity index (χ1n) is 10.6. The van der Waals surface area contributed by atoms with E-state index in [1.807, 2.05) is 80.1 Å². The van der Waals surface area contributed by atoms with Crippen LogP contribution in [-0.4, -0.2) is 39.6 Å². The van der Waals surface area contributed by atoms with Crippen molar-refractivity contribution in [1.82, 2.24) is 14.8 Å². The van der Waals surface area contributed by atoms with E-state index in [1.54, 1.807) is 4.90 Å². The molecule has 0 aliphatic heterocycles. The van der Waals surface area contributed by atoms with Crippen molar-refractivity contribution >= 4 is 44.4 Å². The number of nitrogens with zero attached hydrogens (tertiary/aromatic N) is 4. The molecule has 0 spiro atoms. The van der Waals surface area contributed by atoms with Crippen LogP contribution in [0.25, 0.3) is 10.2 Å². The number of ether oxygens (including phenoxy) is 1. The predicted molar refractivity (Wildman–Crippen MR) is 132 cm³/mol. The topological polar surface area (TPSA) is 60.2 Å². The van der Waals surface area contributed by atoms with Gasteiger partial charge in [-0.05, 0) is 51.1 Å². The first-order valence-corrected chi connectivity index (χ1v) is 12.4. The number of thioether (sulfide) groups is 1. The number of thiazole rings is 1. The van der Waals surface area contributed by atoms with Gasteiger partial charge in [-0.25, -0.2) is 4.98 Å². The van der Waals surface area contributed by atoms with Crippen LogP contribution in [0.4, 0.5) is 5.13 Å². The highest BCUT2D eigenvalue weighted by atomic mass is 32.2. The number of para-hydroxylation sites is 1. The number of anilines is 1. The van der Waals surface area contributed by atoms with E-state index in [0.717, 1.165) is 32.2 Å². The summed E-state index contributed by atoms with van der Waals surface area (Å²) in [7, 11) is 0. The third kappa shape index (κ3) is 5.14. The molecule has 4 rings (SSSR count). The van der Waals surface area contributed by atoms with Crippen LogP contribution >= 0.6 is 23.1 Å². The normalized spacial score (nSPS) is 11.1. The minimum atomic E-state index is 0.0254. The summed E-state index contributed by atoms with van der Waals surface area (Å²) in [5.74, 6) is 1.12. The van der Waals surface area contributed by atoms with Crippen molar-refractivity contribution in [1.29, 1.82) is 0 Å². The van der Waals surface area contributed by atoms with Gasteiger partial charge in [-0.3, -0.25) is 14.4 Å². The van der Waals surface area contributed by atoms with Crippen molar-refractivity contribution in [3.63, 3.8) is 0 Å². The van der Waals surface area contributed by atoms with Gasteiger partial charge in [0.25, 0.3) is 0 Å². The van der Waals surface area contributed by atoms with Gasteiger partial charge < -0.3 is 4.74 Å². The molecule has 0 atom stereocenters. The number of aromatic nitrogens is 3. The smallest absolute Gasteiger partial charge is 0.239 e. The molecule has 8 heteroatoms. The van der Waals surface area contributed by atoms with Gasteiger partial charge in [0.05, 0.1) is 29.3 Å². The molecule has 0 fully saturated rings. The molecule has 0 saturated heterocycles. The van der Waals surface area contributed by atoms with Crippen molar-refractivity contribution < 1.29 is 9.53 Å².